The molecular weight excluding hydrogens is 348 g/mol. The average molecular weight is 368 g/mol. The van der Waals surface area contributed by atoms with Gasteiger partial charge in [0, 0.05) is 15.9 Å². The van der Waals surface area contributed by atoms with Gasteiger partial charge in [0.1, 0.15) is 0 Å². The molecule has 0 saturated heterocycles. The minimum Gasteiger partial charge on any atom is -0.388 e. The van der Waals surface area contributed by atoms with E-state index in [1.165, 1.54) is 5.56 Å². The number of hydrogen-bond donors (Lipinski definition) is 1. The van der Waals surface area contributed by atoms with Crippen molar-refractivity contribution in [1.82, 2.24) is 0 Å². The Balaban J connectivity index is 2.15. The van der Waals surface area contributed by atoms with Gasteiger partial charge in [-0.05, 0) is 34.2 Å². The van der Waals surface area contributed by atoms with Crippen LogP contribution in [-0.4, -0.2) is 5.11 Å². The van der Waals surface area contributed by atoms with Crippen LogP contribution in [0.3, 0.4) is 0 Å². The van der Waals surface area contributed by atoms with Gasteiger partial charge in [0.05, 0.1) is 6.10 Å². The lowest BCUT2D eigenvalue weighted by Crippen LogP contribution is -2.11. The van der Waals surface area contributed by atoms with Gasteiger partial charge in [-0.15, -0.1) is 0 Å². The van der Waals surface area contributed by atoms with Gasteiger partial charge in [0.25, 0.3) is 0 Å². The average Bonchev–Trinajstić information content (AvgIpc) is 2.41. The van der Waals surface area contributed by atoms with E-state index >= 15 is 0 Å². The number of hydrogen-bond acceptors (Lipinski definition) is 1. The molecule has 0 aliphatic heterocycles. The van der Waals surface area contributed by atoms with Crippen molar-refractivity contribution in [3.8, 4) is 0 Å². The molecule has 1 nitrogen and oxygen atoms in total. The third-order valence-electron chi connectivity index (χ3n) is 3.59. The molecule has 2 rings (SSSR count). The maximum Gasteiger partial charge on any atom is 0.0830 e. The summed E-state index contributed by atoms with van der Waals surface area (Å²) < 4.78 is 0.945. The molecule has 0 aromatic heterocycles. The van der Waals surface area contributed by atoms with Crippen molar-refractivity contribution < 1.29 is 5.11 Å². The molecule has 0 fully saturated rings. The Morgan fingerprint density at radius 1 is 1.10 bits per heavy atom. The first kappa shape index (κ1) is 16.5. The SMILES string of the molecule is CC(C)(C)c1ccc(C(O)Cc2ccc(Br)cc2Cl)cc1. The summed E-state index contributed by atoms with van der Waals surface area (Å²) in [6.45, 7) is 6.54. The predicted molar refractivity (Wildman–Crippen MR) is 93.0 cm³/mol. The molecule has 0 radical (unpaired) electrons. The van der Waals surface area contributed by atoms with E-state index in [2.05, 4.69) is 48.8 Å². The van der Waals surface area contributed by atoms with E-state index in [0.717, 1.165) is 15.6 Å². The summed E-state index contributed by atoms with van der Waals surface area (Å²) in [5.74, 6) is 0. The maximum atomic E-state index is 10.4. The van der Waals surface area contributed by atoms with Crippen LogP contribution >= 0.6 is 27.5 Å². The van der Waals surface area contributed by atoms with E-state index in [0.29, 0.717) is 11.4 Å². The smallest absolute Gasteiger partial charge is 0.0830 e. The van der Waals surface area contributed by atoms with Crippen LogP contribution in [0.4, 0.5) is 0 Å². The Morgan fingerprint density at radius 3 is 2.24 bits per heavy atom. The minimum atomic E-state index is -0.544. The van der Waals surface area contributed by atoms with Crippen LogP contribution < -0.4 is 0 Å². The summed E-state index contributed by atoms with van der Waals surface area (Å²) in [4.78, 5) is 0. The topological polar surface area (TPSA) is 20.2 Å². The van der Waals surface area contributed by atoms with Crippen molar-refractivity contribution in [2.75, 3.05) is 0 Å². The molecule has 0 bridgehead atoms. The van der Waals surface area contributed by atoms with Gasteiger partial charge >= 0.3 is 0 Å². The second kappa shape index (κ2) is 6.51. The summed E-state index contributed by atoms with van der Waals surface area (Å²) in [6, 6.07) is 13.9. The zero-order valence-corrected chi connectivity index (χ0v) is 14.9. The summed E-state index contributed by atoms with van der Waals surface area (Å²) >= 11 is 9.59. The van der Waals surface area contributed by atoms with Crippen LogP contribution in [0, 0.1) is 0 Å². The zero-order chi connectivity index (χ0) is 15.6. The maximum absolute atomic E-state index is 10.4. The van der Waals surface area contributed by atoms with E-state index in [4.69, 9.17) is 11.6 Å². The summed E-state index contributed by atoms with van der Waals surface area (Å²) in [7, 11) is 0. The highest BCUT2D eigenvalue weighted by molar-refractivity contribution is 9.10. The summed E-state index contributed by atoms with van der Waals surface area (Å²) in [5, 5.41) is 11.1. The number of rotatable bonds is 3. The Morgan fingerprint density at radius 2 is 1.71 bits per heavy atom. The van der Waals surface area contributed by atoms with Gasteiger partial charge in [-0.25, -0.2) is 0 Å². The molecule has 2 aromatic carbocycles. The van der Waals surface area contributed by atoms with Crippen LogP contribution in [0.5, 0.6) is 0 Å². The zero-order valence-electron chi connectivity index (χ0n) is 12.5. The molecule has 21 heavy (non-hydrogen) atoms. The third kappa shape index (κ3) is 4.32. The van der Waals surface area contributed by atoms with Crippen molar-refractivity contribution in [3.05, 3.63) is 68.7 Å². The molecule has 0 saturated carbocycles. The van der Waals surface area contributed by atoms with Crippen molar-refractivity contribution in [2.24, 2.45) is 0 Å². The van der Waals surface area contributed by atoms with Crippen molar-refractivity contribution in [1.29, 1.82) is 0 Å². The first-order valence-corrected chi connectivity index (χ1v) is 8.17. The van der Waals surface area contributed by atoms with Crippen molar-refractivity contribution >= 4 is 27.5 Å². The summed E-state index contributed by atoms with van der Waals surface area (Å²) in [6.07, 6.45) is -0.0289. The molecule has 0 spiro atoms. The second-order valence-corrected chi connectivity index (χ2v) is 7.65. The predicted octanol–water partition coefficient (Wildman–Crippen LogP) is 5.68. The molecule has 2 aromatic rings. The van der Waals surface area contributed by atoms with Crippen LogP contribution in [0.15, 0.2) is 46.9 Å². The Labute approximate surface area is 140 Å². The largest absolute Gasteiger partial charge is 0.388 e. The summed E-state index contributed by atoms with van der Waals surface area (Å²) in [5.41, 5.74) is 3.26. The Bertz CT molecular complexity index is 614. The molecule has 112 valence electrons. The van der Waals surface area contributed by atoms with Crippen molar-refractivity contribution in [2.45, 2.75) is 38.7 Å². The first-order chi connectivity index (χ1) is 9.77. The fourth-order valence-corrected chi connectivity index (χ4v) is 2.97. The standard InChI is InChI=1S/C18H20BrClO/c1-18(2,3)14-7-4-12(5-8-14)17(21)10-13-6-9-15(19)11-16(13)20/h4-9,11,17,21H,10H2,1-3H3. The van der Waals surface area contributed by atoms with Gasteiger partial charge in [-0.3, -0.25) is 0 Å². The van der Waals surface area contributed by atoms with Crippen molar-refractivity contribution in [3.63, 3.8) is 0 Å². The van der Waals surface area contributed by atoms with E-state index in [1.54, 1.807) is 0 Å². The monoisotopic (exact) mass is 366 g/mol. The van der Waals surface area contributed by atoms with Crippen LogP contribution in [-0.2, 0) is 11.8 Å². The van der Waals surface area contributed by atoms with E-state index < -0.39 is 6.10 Å². The highest BCUT2D eigenvalue weighted by Gasteiger charge is 2.15. The molecule has 0 amide bonds. The van der Waals surface area contributed by atoms with Gasteiger partial charge in [0.2, 0.25) is 0 Å². The number of aliphatic hydroxyl groups is 1. The van der Waals surface area contributed by atoms with Crippen LogP contribution in [0.1, 0.15) is 43.6 Å². The Kier molecular flexibility index (Phi) is 5.13. The first-order valence-electron chi connectivity index (χ1n) is 7.00. The highest BCUT2D eigenvalue weighted by atomic mass is 79.9. The van der Waals surface area contributed by atoms with Gasteiger partial charge in [-0.1, -0.05) is 78.6 Å². The molecule has 0 aliphatic carbocycles. The second-order valence-electron chi connectivity index (χ2n) is 6.33. The molecule has 1 N–H and O–H groups in total. The minimum absolute atomic E-state index is 0.124. The lowest BCUT2D eigenvalue weighted by Gasteiger charge is -2.20. The number of halogens is 2. The van der Waals surface area contributed by atoms with E-state index in [1.807, 2.05) is 30.3 Å². The van der Waals surface area contributed by atoms with E-state index in [9.17, 15) is 5.11 Å². The van der Waals surface area contributed by atoms with E-state index in [-0.39, 0.29) is 5.41 Å². The van der Waals surface area contributed by atoms with Gasteiger partial charge < -0.3 is 5.11 Å². The highest BCUT2D eigenvalue weighted by Crippen LogP contribution is 2.28. The molecular formula is C18H20BrClO. The molecule has 0 aliphatic rings. The lowest BCUT2D eigenvalue weighted by molar-refractivity contribution is 0.178. The number of aliphatic hydroxyl groups excluding tert-OH is 1. The fourth-order valence-electron chi connectivity index (χ4n) is 2.22. The van der Waals surface area contributed by atoms with Crippen LogP contribution in [0.2, 0.25) is 5.02 Å². The normalized spacial score (nSPS) is 13.2. The van der Waals surface area contributed by atoms with Gasteiger partial charge in [0.15, 0.2) is 0 Å². The number of benzene rings is 2. The molecule has 0 heterocycles. The van der Waals surface area contributed by atoms with Crippen LogP contribution in [0.25, 0.3) is 0 Å². The Hall–Kier alpha value is -0.830. The third-order valence-corrected chi connectivity index (χ3v) is 4.43. The quantitative estimate of drug-likeness (QED) is 0.740. The van der Waals surface area contributed by atoms with Gasteiger partial charge in [-0.2, -0.15) is 0 Å². The molecule has 3 heteroatoms. The molecule has 1 atom stereocenters. The lowest BCUT2D eigenvalue weighted by atomic mass is 9.86. The fraction of sp³-hybridized carbons (Fsp3) is 0.333. The molecule has 1 unspecified atom stereocenters.